The number of amides is 1. The van der Waals surface area contributed by atoms with Crippen molar-refractivity contribution in [3.63, 3.8) is 0 Å². The summed E-state index contributed by atoms with van der Waals surface area (Å²) in [5.74, 6) is 0.640. The van der Waals surface area contributed by atoms with Gasteiger partial charge in [-0.3, -0.25) is 4.79 Å². The second-order valence-electron chi connectivity index (χ2n) is 5.51. The van der Waals surface area contributed by atoms with Crippen molar-refractivity contribution in [2.45, 2.75) is 5.16 Å². The molecular formula is C18H15Cl2N5OS. The minimum Gasteiger partial charge on any atom is -0.305 e. The van der Waals surface area contributed by atoms with Gasteiger partial charge in [-0.25, -0.2) is 5.43 Å². The average molecular weight is 420 g/mol. The molecule has 138 valence electrons. The molecule has 27 heavy (non-hydrogen) atoms. The van der Waals surface area contributed by atoms with Crippen LogP contribution in [-0.2, 0) is 11.8 Å². The van der Waals surface area contributed by atoms with Crippen LogP contribution >= 0.6 is 35.0 Å². The first-order valence-electron chi connectivity index (χ1n) is 7.88. The van der Waals surface area contributed by atoms with Gasteiger partial charge in [0.2, 0.25) is 0 Å². The molecule has 0 fully saturated rings. The molecule has 0 aliphatic heterocycles. The number of halogens is 2. The molecule has 0 saturated heterocycles. The fourth-order valence-corrected chi connectivity index (χ4v) is 3.14. The molecule has 1 aromatic heterocycles. The van der Waals surface area contributed by atoms with E-state index in [-0.39, 0.29) is 11.7 Å². The zero-order valence-electron chi connectivity index (χ0n) is 14.3. The molecule has 0 saturated carbocycles. The van der Waals surface area contributed by atoms with E-state index in [2.05, 4.69) is 20.7 Å². The molecule has 1 heterocycles. The summed E-state index contributed by atoms with van der Waals surface area (Å²) in [6.07, 6.45) is 1.56. The van der Waals surface area contributed by atoms with E-state index in [4.69, 9.17) is 23.2 Å². The molecule has 0 spiro atoms. The van der Waals surface area contributed by atoms with Gasteiger partial charge in [0.15, 0.2) is 11.0 Å². The number of nitrogens with one attached hydrogen (secondary N) is 1. The quantitative estimate of drug-likeness (QED) is 0.371. The molecule has 3 aromatic rings. The van der Waals surface area contributed by atoms with Crippen molar-refractivity contribution in [1.82, 2.24) is 20.2 Å². The second-order valence-corrected chi connectivity index (χ2v) is 7.32. The molecule has 6 nitrogen and oxygen atoms in total. The van der Waals surface area contributed by atoms with E-state index < -0.39 is 0 Å². The summed E-state index contributed by atoms with van der Waals surface area (Å²) in [5.41, 5.74) is 4.23. The van der Waals surface area contributed by atoms with E-state index in [1.54, 1.807) is 30.5 Å². The van der Waals surface area contributed by atoms with E-state index in [1.807, 2.05) is 35.9 Å². The lowest BCUT2D eigenvalue weighted by molar-refractivity contribution is -0.118. The van der Waals surface area contributed by atoms with Crippen molar-refractivity contribution >= 4 is 47.1 Å². The smallest absolute Gasteiger partial charge is 0.250 e. The maximum Gasteiger partial charge on any atom is 0.250 e. The number of rotatable bonds is 6. The molecule has 3 rings (SSSR count). The van der Waals surface area contributed by atoms with Crippen LogP contribution in [-0.4, -0.2) is 32.6 Å². The Morgan fingerprint density at radius 3 is 2.41 bits per heavy atom. The number of hydrazone groups is 1. The summed E-state index contributed by atoms with van der Waals surface area (Å²) in [6, 6.07) is 14.5. The summed E-state index contributed by atoms with van der Waals surface area (Å²) in [5, 5.41) is 14.2. The van der Waals surface area contributed by atoms with Crippen molar-refractivity contribution < 1.29 is 4.79 Å². The molecule has 0 aliphatic rings. The van der Waals surface area contributed by atoms with Crippen molar-refractivity contribution in [2.24, 2.45) is 12.1 Å². The van der Waals surface area contributed by atoms with Crippen LogP contribution < -0.4 is 5.43 Å². The van der Waals surface area contributed by atoms with E-state index in [1.165, 1.54) is 11.8 Å². The highest BCUT2D eigenvalue weighted by Crippen LogP contribution is 2.23. The molecule has 1 N–H and O–H groups in total. The Morgan fingerprint density at radius 1 is 1.11 bits per heavy atom. The molecule has 0 radical (unpaired) electrons. The predicted molar refractivity (Wildman–Crippen MR) is 109 cm³/mol. The first kappa shape index (κ1) is 19.4. The molecule has 0 atom stereocenters. The highest BCUT2D eigenvalue weighted by Gasteiger charge is 2.12. The van der Waals surface area contributed by atoms with Gasteiger partial charge in [-0.2, -0.15) is 5.10 Å². The van der Waals surface area contributed by atoms with Crippen molar-refractivity contribution in [3.8, 4) is 11.4 Å². The highest BCUT2D eigenvalue weighted by atomic mass is 35.5. The standard InChI is InChI=1S/C18H15Cl2N5OS/c1-25-17(13-4-8-15(20)9-5-13)23-24-18(25)27-11-16(26)22-21-10-12-2-6-14(19)7-3-12/h2-10H,11H2,1H3,(H,22,26)/b21-10-. The number of carbonyl (C=O) groups is 1. The Bertz CT molecular complexity index is 955. The zero-order valence-corrected chi connectivity index (χ0v) is 16.6. The fraction of sp³-hybridized carbons (Fsp3) is 0.111. The topological polar surface area (TPSA) is 72.2 Å². The Labute approximate surface area is 170 Å². The first-order valence-corrected chi connectivity index (χ1v) is 9.62. The predicted octanol–water partition coefficient (Wildman–Crippen LogP) is 4.03. The highest BCUT2D eigenvalue weighted by molar-refractivity contribution is 7.99. The van der Waals surface area contributed by atoms with Crippen LogP contribution in [0, 0.1) is 0 Å². The third-order valence-corrected chi connectivity index (χ3v) is 5.07. The van der Waals surface area contributed by atoms with Crippen LogP contribution in [0.3, 0.4) is 0 Å². The monoisotopic (exact) mass is 419 g/mol. The van der Waals surface area contributed by atoms with E-state index in [9.17, 15) is 4.79 Å². The number of carbonyl (C=O) groups excluding carboxylic acids is 1. The largest absolute Gasteiger partial charge is 0.305 e. The third kappa shape index (κ3) is 5.32. The van der Waals surface area contributed by atoms with Gasteiger partial charge in [0.05, 0.1) is 12.0 Å². The van der Waals surface area contributed by atoms with Crippen LogP contribution in [0.5, 0.6) is 0 Å². The number of benzene rings is 2. The van der Waals surface area contributed by atoms with Gasteiger partial charge in [0.25, 0.3) is 5.91 Å². The third-order valence-electron chi connectivity index (χ3n) is 3.54. The maximum absolute atomic E-state index is 11.9. The number of hydrogen-bond acceptors (Lipinski definition) is 5. The summed E-state index contributed by atoms with van der Waals surface area (Å²) in [6.45, 7) is 0. The van der Waals surface area contributed by atoms with Crippen LogP contribution in [0.1, 0.15) is 5.56 Å². The van der Waals surface area contributed by atoms with Crippen molar-refractivity contribution in [3.05, 3.63) is 64.1 Å². The van der Waals surface area contributed by atoms with Crippen LogP contribution in [0.2, 0.25) is 10.0 Å². The second kappa shape index (κ2) is 9.03. The van der Waals surface area contributed by atoms with E-state index in [0.717, 1.165) is 11.1 Å². The minimum absolute atomic E-state index is 0.171. The number of thioether (sulfide) groups is 1. The van der Waals surface area contributed by atoms with Gasteiger partial charge in [-0.1, -0.05) is 47.1 Å². The van der Waals surface area contributed by atoms with Crippen LogP contribution in [0.4, 0.5) is 0 Å². The molecule has 2 aromatic carbocycles. The number of aromatic nitrogens is 3. The fourth-order valence-electron chi connectivity index (χ4n) is 2.18. The normalized spacial score (nSPS) is 11.1. The summed E-state index contributed by atoms with van der Waals surface area (Å²) >= 11 is 13.0. The van der Waals surface area contributed by atoms with Crippen molar-refractivity contribution in [2.75, 3.05) is 5.75 Å². The Balaban J connectivity index is 1.54. The Morgan fingerprint density at radius 2 is 1.74 bits per heavy atom. The molecular weight excluding hydrogens is 405 g/mol. The average Bonchev–Trinajstić information content (AvgIpc) is 3.03. The van der Waals surface area contributed by atoms with Crippen molar-refractivity contribution in [1.29, 1.82) is 0 Å². The first-order chi connectivity index (χ1) is 13.0. The van der Waals surface area contributed by atoms with Gasteiger partial charge in [0.1, 0.15) is 0 Å². The lowest BCUT2D eigenvalue weighted by atomic mass is 10.2. The summed E-state index contributed by atoms with van der Waals surface area (Å²) in [4.78, 5) is 11.9. The lowest BCUT2D eigenvalue weighted by Crippen LogP contribution is -2.19. The molecule has 1 amide bonds. The zero-order chi connectivity index (χ0) is 19.2. The van der Waals surface area contributed by atoms with E-state index >= 15 is 0 Å². The SMILES string of the molecule is Cn1c(SCC(=O)N/N=C\c2ccc(Cl)cc2)nnc1-c1ccc(Cl)cc1. The Hall–Kier alpha value is -2.35. The molecule has 0 bridgehead atoms. The van der Waals surface area contributed by atoms with Crippen LogP contribution in [0.25, 0.3) is 11.4 Å². The van der Waals surface area contributed by atoms with Gasteiger partial charge in [-0.05, 0) is 42.0 Å². The Kier molecular flexibility index (Phi) is 6.49. The van der Waals surface area contributed by atoms with Crippen LogP contribution in [0.15, 0.2) is 58.8 Å². The summed E-state index contributed by atoms with van der Waals surface area (Å²) in [7, 11) is 1.85. The lowest BCUT2D eigenvalue weighted by Gasteiger charge is -2.04. The molecule has 0 unspecified atom stereocenters. The van der Waals surface area contributed by atoms with Gasteiger partial charge in [-0.15, -0.1) is 10.2 Å². The molecule has 0 aliphatic carbocycles. The summed E-state index contributed by atoms with van der Waals surface area (Å²) < 4.78 is 1.83. The van der Waals surface area contributed by atoms with Gasteiger partial charge >= 0.3 is 0 Å². The van der Waals surface area contributed by atoms with Gasteiger partial charge < -0.3 is 4.57 Å². The minimum atomic E-state index is -0.235. The maximum atomic E-state index is 11.9. The van der Waals surface area contributed by atoms with Gasteiger partial charge in [0, 0.05) is 22.7 Å². The molecule has 9 heteroatoms. The number of hydrogen-bond donors (Lipinski definition) is 1. The number of nitrogens with zero attached hydrogens (tertiary/aromatic N) is 4. The van der Waals surface area contributed by atoms with E-state index in [0.29, 0.717) is 21.0 Å².